The minimum absolute atomic E-state index is 0.441. The summed E-state index contributed by atoms with van der Waals surface area (Å²) in [5, 5.41) is 0. The van der Waals surface area contributed by atoms with Crippen molar-refractivity contribution in [2.24, 2.45) is 5.92 Å². The van der Waals surface area contributed by atoms with Crippen LogP contribution in [0.2, 0.25) is 0 Å². The van der Waals surface area contributed by atoms with Gasteiger partial charge >= 0.3 is 5.97 Å². The van der Waals surface area contributed by atoms with Gasteiger partial charge in [-0.1, -0.05) is 32.0 Å². The standard InChI is InChI=1S/C12H16O3/c1-10(2)8-9-14-15-12(13)11-6-4-3-5-7-11/h3-7,10H,8-9H2,1-2H3. The molecular formula is C12H16O3. The lowest BCUT2D eigenvalue weighted by Gasteiger charge is -2.05. The number of benzene rings is 1. The van der Waals surface area contributed by atoms with Crippen molar-refractivity contribution >= 4 is 5.97 Å². The molecule has 0 aromatic heterocycles. The number of rotatable bonds is 5. The maximum atomic E-state index is 11.3. The van der Waals surface area contributed by atoms with E-state index in [4.69, 9.17) is 4.89 Å². The van der Waals surface area contributed by atoms with E-state index < -0.39 is 5.97 Å². The Hall–Kier alpha value is -1.35. The highest BCUT2D eigenvalue weighted by Crippen LogP contribution is 2.03. The first-order valence-electron chi connectivity index (χ1n) is 5.09. The zero-order valence-electron chi connectivity index (χ0n) is 9.10. The van der Waals surface area contributed by atoms with Crippen LogP contribution in [0.4, 0.5) is 0 Å². The van der Waals surface area contributed by atoms with Gasteiger partial charge in [0.15, 0.2) is 0 Å². The van der Waals surface area contributed by atoms with Gasteiger partial charge in [-0.15, -0.1) is 0 Å². The largest absolute Gasteiger partial charge is 0.373 e. The number of carbonyl (C=O) groups is 1. The second kappa shape index (κ2) is 6.19. The Morgan fingerprint density at radius 1 is 1.27 bits per heavy atom. The van der Waals surface area contributed by atoms with Crippen molar-refractivity contribution in [1.29, 1.82) is 0 Å². The number of hydrogen-bond acceptors (Lipinski definition) is 3. The van der Waals surface area contributed by atoms with Crippen LogP contribution in [0.1, 0.15) is 30.6 Å². The van der Waals surface area contributed by atoms with E-state index >= 15 is 0 Å². The molecule has 0 aliphatic carbocycles. The van der Waals surface area contributed by atoms with Crippen molar-refractivity contribution in [3.63, 3.8) is 0 Å². The molecular weight excluding hydrogens is 192 g/mol. The summed E-state index contributed by atoms with van der Waals surface area (Å²) >= 11 is 0. The molecule has 1 rings (SSSR count). The normalized spacial score (nSPS) is 10.3. The van der Waals surface area contributed by atoms with Gasteiger partial charge in [0, 0.05) is 0 Å². The SMILES string of the molecule is CC(C)CCOOC(=O)c1ccccc1. The van der Waals surface area contributed by atoms with Crippen molar-refractivity contribution in [1.82, 2.24) is 0 Å². The van der Waals surface area contributed by atoms with E-state index in [0.29, 0.717) is 18.1 Å². The molecule has 0 N–H and O–H groups in total. The van der Waals surface area contributed by atoms with Crippen molar-refractivity contribution in [3.05, 3.63) is 35.9 Å². The third-order valence-electron chi connectivity index (χ3n) is 1.92. The summed E-state index contributed by atoms with van der Waals surface area (Å²) in [4.78, 5) is 20.8. The molecule has 0 amide bonds. The second-order valence-electron chi connectivity index (χ2n) is 3.74. The summed E-state index contributed by atoms with van der Waals surface area (Å²) in [5.41, 5.74) is 0.502. The summed E-state index contributed by atoms with van der Waals surface area (Å²) < 4.78 is 0. The van der Waals surface area contributed by atoms with Gasteiger partial charge < -0.3 is 0 Å². The molecule has 0 saturated heterocycles. The van der Waals surface area contributed by atoms with Crippen LogP contribution < -0.4 is 0 Å². The van der Waals surface area contributed by atoms with Crippen LogP contribution in [0, 0.1) is 5.92 Å². The molecule has 0 spiro atoms. The van der Waals surface area contributed by atoms with Crippen LogP contribution >= 0.6 is 0 Å². The average molecular weight is 208 g/mol. The van der Waals surface area contributed by atoms with E-state index in [1.807, 2.05) is 6.07 Å². The van der Waals surface area contributed by atoms with Gasteiger partial charge in [-0.3, -0.25) is 4.89 Å². The van der Waals surface area contributed by atoms with Crippen LogP contribution in [0.3, 0.4) is 0 Å². The van der Waals surface area contributed by atoms with Gasteiger partial charge in [-0.25, -0.2) is 4.79 Å². The summed E-state index contributed by atoms with van der Waals surface area (Å²) in [7, 11) is 0. The van der Waals surface area contributed by atoms with Crippen LogP contribution in [0.15, 0.2) is 30.3 Å². The van der Waals surface area contributed by atoms with Crippen molar-refractivity contribution in [2.75, 3.05) is 6.61 Å². The lowest BCUT2D eigenvalue weighted by atomic mass is 10.1. The molecule has 0 unspecified atom stereocenters. The molecule has 0 radical (unpaired) electrons. The first-order valence-corrected chi connectivity index (χ1v) is 5.09. The summed E-state index contributed by atoms with van der Waals surface area (Å²) in [6.07, 6.45) is 0.877. The van der Waals surface area contributed by atoms with E-state index in [9.17, 15) is 4.79 Å². The smallest absolute Gasteiger partial charge is 0.293 e. The molecule has 0 fully saturated rings. The van der Waals surface area contributed by atoms with Crippen molar-refractivity contribution in [2.45, 2.75) is 20.3 Å². The van der Waals surface area contributed by atoms with Crippen LogP contribution in [-0.2, 0) is 9.78 Å². The van der Waals surface area contributed by atoms with Gasteiger partial charge in [-0.05, 0) is 24.5 Å². The first-order chi connectivity index (χ1) is 7.20. The highest BCUT2D eigenvalue weighted by Gasteiger charge is 2.06. The van der Waals surface area contributed by atoms with E-state index in [-0.39, 0.29) is 0 Å². The molecule has 0 aliphatic rings. The van der Waals surface area contributed by atoms with E-state index in [2.05, 4.69) is 18.7 Å². The third kappa shape index (κ3) is 4.61. The number of carbonyl (C=O) groups excluding carboxylic acids is 1. The highest BCUT2D eigenvalue weighted by molar-refractivity contribution is 5.88. The summed E-state index contributed by atoms with van der Waals surface area (Å²) in [5.74, 6) is 0.0970. The Labute approximate surface area is 89.9 Å². The molecule has 1 aromatic rings. The Morgan fingerprint density at radius 3 is 2.53 bits per heavy atom. The molecule has 0 aliphatic heterocycles. The second-order valence-corrected chi connectivity index (χ2v) is 3.74. The molecule has 3 heteroatoms. The molecule has 3 nitrogen and oxygen atoms in total. The van der Waals surface area contributed by atoms with Crippen molar-refractivity contribution < 1.29 is 14.6 Å². The van der Waals surface area contributed by atoms with Crippen molar-refractivity contribution in [3.8, 4) is 0 Å². The first kappa shape index (κ1) is 11.7. The quantitative estimate of drug-likeness (QED) is 0.424. The fourth-order valence-corrected chi connectivity index (χ4v) is 1.00. The van der Waals surface area contributed by atoms with E-state index in [0.717, 1.165) is 6.42 Å². The topological polar surface area (TPSA) is 35.5 Å². The Kier molecular flexibility index (Phi) is 4.84. The predicted molar refractivity (Wildman–Crippen MR) is 57.3 cm³/mol. The van der Waals surface area contributed by atoms with Gasteiger partial charge in [-0.2, -0.15) is 4.89 Å². The predicted octanol–water partition coefficient (Wildman–Crippen LogP) is 2.82. The monoisotopic (exact) mass is 208 g/mol. The fraction of sp³-hybridized carbons (Fsp3) is 0.417. The molecule has 15 heavy (non-hydrogen) atoms. The van der Waals surface area contributed by atoms with Gasteiger partial charge in [0.1, 0.15) is 0 Å². The molecule has 0 saturated carbocycles. The van der Waals surface area contributed by atoms with Gasteiger partial charge in [0.2, 0.25) is 0 Å². The molecule has 0 heterocycles. The maximum absolute atomic E-state index is 11.3. The minimum atomic E-state index is -0.445. The number of hydrogen-bond donors (Lipinski definition) is 0. The van der Waals surface area contributed by atoms with E-state index in [1.54, 1.807) is 24.3 Å². The lowest BCUT2D eigenvalue weighted by Crippen LogP contribution is -2.07. The summed E-state index contributed by atoms with van der Waals surface area (Å²) in [6, 6.07) is 8.79. The minimum Gasteiger partial charge on any atom is -0.293 e. The Bertz CT molecular complexity index is 293. The zero-order chi connectivity index (χ0) is 11.1. The Balaban J connectivity index is 2.25. The molecule has 0 bridgehead atoms. The zero-order valence-corrected chi connectivity index (χ0v) is 9.10. The van der Waals surface area contributed by atoms with E-state index in [1.165, 1.54) is 0 Å². The van der Waals surface area contributed by atoms with Gasteiger partial charge in [0.25, 0.3) is 0 Å². The van der Waals surface area contributed by atoms with Crippen LogP contribution in [0.25, 0.3) is 0 Å². The average Bonchev–Trinajstić information content (AvgIpc) is 2.25. The molecule has 1 aromatic carbocycles. The highest BCUT2D eigenvalue weighted by atomic mass is 17.2. The summed E-state index contributed by atoms with van der Waals surface area (Å²) in [6.45, 7) is 4.61. The van der Waals surface area contributed by atoms with Gasteiger partial charge in [0.05, 0.1) is 12.2 Å². The maximum Gasteiger partial charge on any atom is 0.373 e. The molecule has 0 atom stereocenters. The fourth-order valence-electron chi connectivity index (χ4n) is 1.00. The van der Waals surface area contributed by atoms with Crippen LogP contribution in [0.5, 0.6) is 0 Å². The Morgan fingerprint density at radius 2 is 1.93 bits per heavy atom. The van der Waals surface area contributed by atoms with Crippen LogP contribution in [-0.4, -0.2) is 12.6 Å². The molecule has 82 valence electrons. The lowest BCUT2D eigenvalue weighted by molar-refractivity contribution is -0.242. The third-order valence-corrected chi connectivity index (χ3v) is 1.92.